The van der Waals surface area contributed by atoms with Gasteiger partial charge in [0.05, 0.1) is 0 Å². The van der Waals surface area contributed by atoms with E-state index in [0.29, 0.717) is 0 Å². The molecule has 1 atom stereocenters. The molecule has 0 aliphatic carbocycles. The summed E-state index contributed by atoms with van der Waals surface area (Å²) in [6.07, 6.45) is 4.93. The molecule has 79 valence electrons. The van der Waals surface area contributed by atoms with Crippen LogP contribution < -0.4 is 0 Å². The maximum Gasteiger partial charge on any atom is 0.146 e. The van der Waals surface area contributed by atoms with Gasteiger partial charge in [-0.1, -0.05) is 33.6 Å². The molecule has 0 amide bonds. The minimum atomic E-state index is -0.474. The molecular formula is C11H24NO. The largest absolute Gasteiger partial charge is 0.276 e. The quantitative estimate of drug-likeness (QED) is 0.534. The molecule has 0 aromatic carbocycles. The van der Waals surface area contributed by atoms with Gasteiger partial charge in [0, 0.05) is 13.1 Å². The van der Waals surface area contributed by atoms with Crippen molar-refractivity contribution >= 4 is 0 Å². The zero-order valence-corrected chi connectivity index (χ0v) is 9.38. The van der Waals surface area contributed by atoms with Gasteiger partial charge in [0.1, 0.15) is 6.23 Å². The third kappa shape index (κ3) is 6.05. The summed E-state index contributed by atoms with van der Waals surface area (Å²) in [7, 11) is 0. The van der Waals surface area contributed by atoms with Crippen molar-refractivity contribution < 1.29 is 5.11 Å². The van der Waals surface area contributed by atoms with Crippen LogP contribution in [0.4, 0.5) is 0 Å². The molecule has 0 saturated heterocycles. The standard InChI is InChI=1S/C11H24NO/c1-4-7-9-12(10-8-5-2)11(13)6-3/h11H,4-10H2,1-3H3. The average Bonchev–Trinajstić information content (AvgIpc) is 2.17. The zero-order chi connectivity index (χ0) is 10.1. The monoisotopic (exact) mass is 186 g/mol. The van der Waals surface area contributed by atoms with Crippen molar-refractivity contribution in [3.8, 4) is 0 Å². The Bertz CT molecular complexity index is 98.3. The first-order valence-corrected chi connectivity index (χ1v) is 5.66. The summed E-state index contributed by atoms with van der Waals surface area (Å²) in [6, 6.07) is 0. The van der Waals surface area contributed by atoms with Gasteiger partial charge in [-0.3, -0.25) is 4.90 Å². The van der Waals surface area contributed by atoms with E-state index in [1.165, 1.54) is 12.8 Å². The minimum absolute atomic E-state index is 0.474. The molecule has 2 heteroatoms. The molecule has 0 saturated carbocycles. The summed E-state index contributed by atoms with van der Waals surface area (Å²) < 4.78 is 0. The molecule has 0 aromatic rings. The van der Waals surface area contributed by atoms with Crippen molar-refractivity contribution in [2.24, 2.45) is 0 Å². The molecular weight excluding hydrogens is 162 g/mol. The number of unbranched alkanes of at least 4 members (excludes halogenated alkanes) is 2. The molecule has 0 aromatic heterocycles. The molecule has 0 bridgehead atoms. The summed E-state index contributed by atoms with van der Waals surface area (Å²) in [4.78, 5) is 2.09. The Hall–Kier alpha value is -0.0800. The van der Waals surface area contributed by atoms with Gasteiger partial charge in [0.15, 0.2) is 0 Å². The number of nitrogens with zero attached hydrogens (tertiary/aromatic N) is 1. The van der Waals surface area contributed by atoms with Crippen LogP contribution in [0.15, 0.2) is 0 Å². The molecule has 0 aliphatic rings. The maximum atomic E-state index is 11.5. The normalized spacial score (nSPS) is 13.6. The lowest BCUT2D eigenvalue weighted by Gasteiger charge is -2.25. The van der Waals surface area contributed by atoms with Crippen molar-refractivity contribution in [3.05, 3.63) is 0 Å². The lowest BCUT2D eigenvalue weighted by molar-refractivity contribution is -0.0516. The van der Waals surface area contributed by atoms with Crippen LogP contribution >= 0.6 is 0 Å². The first kappa shape index (κ1) is 12.9. The van der Waals surface area contributed by atoms with Gasteiger partial charge in [0.2, 0.25) is 0 Å². The van der Waals surface area contributed by atoms with Crippen LogP contribution in [0.5, 0.6) is 0 Å². The molecule has 0 fully saturated rings. The molecule has 0 spiro atoms. The van der Waals surface area contributed by atoms with E-state index >= 15 is 0 Å². The number of rotatable bonds is 8. The third-order valence-electron chi connectivity index (χ3n) is 2.35. The Kier molecular flexibility index (Phi) is 8.46. The van der Waals surface area contributed by atoms with Crippen LogP contribution in [0, 0.1) is 0 Å². The van der Waals surface area contributed by atoms with Gasteiger partial charge in [0.25, 0.3) is 0 Å². The first-order chi connectivity index (χ1) is 6.26. The van der Waals surface area contributed by atoms with E-state index in [1.807, 2.05) is 6.92 Å². The van der Waals surface area contributed by atoms with Crippen LogP contribution in [0.3, 0.4) is 0 Å². The van der Waals surface area contributed by atoms with E-state index in [4.69, 9.17) is 0 Å². The third-order valence-corrected chi connectivity index (χ3v) is 2.35. The van der Waals surface area contributed by atoms with E-state index in [1.54, 1.807) is 0 Å². The Morgan fingerprint density at radius 1 is 1.00 bits per heavy atom. The van der Waals surface area contributed by atoms with Crippen LogP contribution in [-0.2, 0) is 5.11 Å². The van der Waals surface area contributed by atoms with E-state index in [2.05, 4.69) is 18.7 Å². The van der Waals surface area contributed by atoms with Crippen molar-refractivity contribution in [1.82, 2.24) is 4.90 Å². The fraction of sp³-hybridized carbons (Fsp3) is 1.00. The Morgan fingerprint density at radius 2 is 1.46 bits per heavy atom. The average molecular weight is 186 g/mol. The Morgan fingerprint density at radius 3 is 1.77 bits per heavy atom. The minimum Gasteiger partial charge on any atom is -0.276 e. The topological polar surface area (TPSA) is 23.1 Å². The highest BCUT2D eigenvalue weighted by molar-refractivity contribution is 4.60. The van der Waals surface area contributed by atoms with Gasteiger partial charge in [-0.05, 0) is 19.3 Å². The molecule has 13 heavy (non-hydrogen) atoms. The van der Waals surface area contributed by atoms with Gasteiger partial charge in [-0.2, -0.15) is 0 Å². The second-order valence-corrected chi connectivity index (χ2v) is 3.61. The predicted molar refractivity (Wildman–Crippen MR) is 56.2 cm³/mol. The number of hydrogen-bond donors (Lipinski definition) is 0. The highest BCUT2D eigenvalue weighted by atomic mass is 16.3. The second kappa shape index (κ2) is 8.52. The summed E-state index contributed by atoms with van der Waals surface area (Å²) in [5.41, 5.74) is 0. The second-order valence-electron chi connectivity index (χ2n) is 3.61. The maximum absolute atomic E-state index is 11.5. The summed E-state index contributed by atoms with van der Waals surface area (Å²) >= 11 is 0. The van der Waals surface area contributed by atoms with Crippen LogP contribution in [0.25, 0.3) is 0 Å². The highest BCUT2D eigenvalue weighted by Gasteiger charge is 2.13. The summed E-state index contributed by atoms with van der Waals surface area (Å²) in [5.74, 6) is 0. The summed E-state index contributed by atoms with van der Waals surface area (Å²) in [5, 5.41) is 11.5. The SMILES string of the molecule is CCCCN(CCCC)C([O])CC. The lowest BCUT2D eigenvalue weighted by Crippen LogP contribution is -2.35. The smallest absolute Gasteiger partial charge is 0.146 e. The van der Waals surface area contributed by atoms with Crippen molar-refractivity contribution in [3.63, 3.8) is 0 Å². The van der Waals surface area contributed by atoms with Crippen molar-refractivity contribution in [1.29, 1.82) is 0 Å². The van der Waals surface area contributed by atoms with Crippen molar-refractivity contribution in [2.75, 3.05) is 13.1 Å². The van der Waals surface area contributed by atoms with Crippen molar-refractivity contribution in [2.45, 2.75) is 59.1 Å². The zero-order valence-electron chi connectivity index (χ0n) is 9.38. The number of hydrogen-bond acceptors (Lipinski definition) is 1. The van der Waals surface area contributed by atoms with Crippen LogP contribution in [0.2, 0.25) is 0 Å². The molecule has 2 nitrogen and oxygen atoms in total. The highest BCUT2D eigenvalue weighted by Crippen LogP contribution is 2.06. The fourth-order valence-electron chi connectivity index (χ4n) is 1.38. The van der Waals surface area contributed by atoms with Gasteiger partial charge >= 0.3 is 0 Å². The summed E-state index contributed by atoms with van der Waals surface area (Å²) in [6.45, 7) is 8.28. The predicted octanol–water partition coefficient (Wildman–Crippen LogP) is 3.06. The molecule has 0 rings (SSSR count). The molecule has 0 aliphatic heterocycles. The fourth-order valence-corrected chi connectivity index (χ4v) is 1.38. The van der Waals surface area contributed by atoms with Crippen LogP contribution in [-0.4, -0.2) is 24.2 Å². The van der Waals surface area contributed by atoms with E-state index in [9.17, 15) is 5.11 Å². The first-order valence-electron chi connectivity index (χ1n) is 5.66. The van der Waals surface area contributed by atoms with Gasteiger partial charge in [-0.25, -0.2) is 5.11 Å². The lowest BCUT2D eigenvalue weighted by atomic mass is 10.2. The molecule has 1 unspecified atom stereocenters. The Balaban J connectivity index is 3.72. The van der Waals surface area contributed by atoms with Gasteiger partial charge in [-0.15, -0.1) is 0 Å². The van der Waals surface area contributed by atoms with Crippen LogP contribution in [0.1, 0.15) is 52.9 Å². The van der Waals surface area contributed by atoms with E-state index < -0.39 is 6.23 Å². The van der Waals surface area contributed by atoms with Gasteiger partial charge < -0.3 is 0 Å². The molecule has 0 N–H and O–H groups in total. The van der Waals surface area contributed by atoms with E-state index in [0.717, 1.165) is 32.4 Å². The van der Waals surface area contributed by atoms with E-state index in [-0.39, 0.29) is 0 Å². The molecule has 1 radical (unpaired) electrons. The molecule has 0 heterocycles. The Labute approximate surface area is 82.9 Å².